The molecule has 3 nitrogen and oxygen atoms in total. The van der Waals surface area contributed by atoms with Crippen LogP contribution in [0.3, 0.4) is 0 Å². The smallest absolute Gasteiger partial charge is 0.0886 e. The van der Waals surface area contributed by atoms with Crippen LogP contribution in [0.4, 0.5) is 0 Å². The van der Waals surface area contributed by atoms with Crippen molar-refractivity contribution in [3.05, 3.63) is 0 Å². The predicted octanol–water partition coefficient (Wildman–Crippen LogP) is 2.64. The lowest BCUT2D eigenvalue weighted by molar-refractivity contribution is 0.0211. The first kappa shape index (κ1) is 12.6. The molecule has 0 saturated heterocycles. The van der Waals surface area contributed by atoms with Crippen LogP contribution in [0.15, 0.2) is 10.2 Å². The maximum absolute atomic E-state index is 9.83. The molecule has 0 rings (SSSR count). The Labute approximate surface area is 81.3 Å². The van der Waals surface area contributed by atoms with E-state index < -0.39 is 5.60 Å². The highest BCUT2D eigenvalue weighted by Crippen LogP contribution is 2.17. The van der Waals surface area contributed by atoms with Crippen LogP contribution in [0.1, 0.15) is 41.5 Å². The van der Waals surface area contributed by atoms with Crippen LogP contribution in [-0.4, -0.2) is 22.8 Å². The van der Waals surface area contributed by atoms with Gasteiger partial charge in [0.15, 0.2) is 0 Å². The summed E-state index contributed by atoms with van der Waals surface area (Å²) in [6, 6.07) is 0. The van der Waals surface area contributed by atoms with Crippen LogP contribution in [0.5, 0.6) is 0 Å². The van der Waals surface area contributed by atoms with Crippen molar-refractivity contribution in [3.63, 3.8) is 0 Å². The van der Waals surface area contributed by atoms with Gasteiger partial charge in [0.1, 0.15) is 0 Å². The molecule has 0 spiro atoms. The summed E-state index contributed by atoms with van der Waals surface area (Å²) in [7, 11) is 0. The average Bonchev–Trinajstić information content (AvgIpc) is 1.82. The van der Waals surface area contributed by atoms with E-state index >= 15 is 0 Å². The Morgan fingerprint density at radius 1 is 1.15 bits per heavy atom. The van der Waals surface area contributed by atoms with E-state index in [1.807, 2.05) is 34.6 Å². The topological polar surface area (TPSA) is 45.0 Å². The standard InChI is InChI=1S/C10H22N2O/c1-8(2)10(6,13)7-11-12-9(3,4)5/h8,13H,7H2,1-6H3. The van der Waals surface area contributed by atoms with E-state index in [0.717, 1.165) is 0 Å². The van der Waals surface area contributed by atoms with Crippen molar-refractivity contribution in [2.24, 2.45) is 16.1 Å². The monoisotopic (exact) mass is 186 g/mol. The fourth-order valence-electron chi connectivity index (χ4n) is 0.573. The third kappa shape index (κ3) is 5.75. The Morgan fingerprint density at radius 2 is 1.62 bits per heavy atom. The van der Waals surface area contributed by atoms with Crippen LogP contribution in [0.25, 0.3) is 0 Å². The molecule has 0 aromatic heterocycles. The largest absolute Gasteiger partial charge is 0.388 e. The second kappa shape index (κ2) is 4.18. The molecular weight excluding hydrogens is 164 g/mol. The molecule has 0 amide bonds. The lowest BCUT2D eigenvalue weighted by Crippen LogP contribution is -2.34. The zero-order valence-corrected chi connectivity index (χ0v) is 9.63. The fourth-order valence-corrected chi connectivity index (χ4v) is 0.573. The Balaban J connectivity index is 4.10. The first-order valence-corrected chi connectivity index (χ1v) is 4.76. The van der Waals surface area contributed by atoms with E-state index in [2.05, 4.69) is 10.2 Å². The van der Waals surface area contributed by atoms with Gasteiger partial charge < -0.3 is 5.11 Å². The summed E-state index contributed by atoms with van der Waals surface area (Å²) in [5, 5.41) is 17.9. The van der Waals surface area contributed by atoms with Gasteiger partial charge in [-0.2, -0.15) is 10.2 Å². The maximum atomic E-state index is 9.83. The molecule has 0 aliphatic rings. The van der Waals surface area contributed by atoms with Crippen LogP contribution >= 0.6 is 0 Å². The van der Waals surface area contributed by atoms with E-state index in [-0.39, 0.29) is 11.5 Å². The minimum Gasteiger partial charge on any atom is -0.388 e. The molecule has 13 heavy (non-hydrogen) atoms. The van der Waals surface area contributed by atoms with Gasteiger partial charge in [-0.1, -0.05) is 13.8 Å². The second-order valence-electron chi connectivity index (χ2n) is 5.08. The third-order valence-electron chi connectivity index (χ3n) is 2.01. The Kier molecular flexibility index (Phi) is 4.04. The van der Waals surface area contributed by atoms with E-state index in [9.17, 15) is 5.11 Å². The van der Waals surface area contributed by atoms with Gasteiger partial charge >= 0.3 is 0 Å². The summed E-state index contributed by atoms with van der Waals surface area (Å²) in [5.74, 6) is 0.200. The van der Waals surface area contributed by atoms with Crippen LogP contribution < -0.4 is 0 Å². The summed E-state index contributed by atoms with van der Waals surface area (Å²) in [4.78, 5) is 0. The summed E-state index contributed by atoms with van der Waals surface area (Å²) in [6.45, 7) is 12.1. The van der Waals surface area contributed by atoms with Crippen LogP contribution in [0, 0.1) is 5.92 Å². The van der Waals surface area contributed by atoms with E-state index in [0.29, 0.717) is 6.54 Å². The number of hydrogen-bond acceptors (Lipinski definition) is 3. The molecule has 0 heterocycles. The van der Waals surface area contributed by atoms with Gasteiger partial charge in [-0.05, 0) is 33.6 Å². The molecule has 1 atom stereocenters. The first-order valence-electron chi connectivity index (χ1n) is 4.76. The van der Waals surface area contributed by atoms with Crippen molar-refractivity contribution < 1.29 is 5.11 Å². The van der Waals surface area contributed by atoms with Crippen molar-refractivity contribution in [2.75, 3.05) is 6.54 Å². The average molecular weight is 186 g/mol. The minimum atomic E-state index is -0.741. The number of rotatable bonds is 3. The molecule has 0 aliphatic carbocycles. The summed E-state index contributed by atoms with van der Waals surface area (Å²) in [6.07, 6.45) is 0. The molecule has 0 aliphatic heterocycles. The molecule has 0 radical (unpaired) electrons. The van der Waals surface area contributed by atoms with Gasteiger partial charge in [-0.25, -0.2) is 0 Å². The molecule has 0 aromatic rings. The van der Waals surface area contributed by atoms with E-state index in [1.165, 1.54) is 0 Å². The molecule has 78 valence electrons. The van der Waals surface area contributed by atoms with Gasteiger partial charge in [0, 0.05) is 0 Å². The Hall–Kier alpha value is -0.440. The summed E-state index contributed by atoms with van der Waals surface area (Å²) >= 11 is 0. The number of aliphatic hydroxyl groups is 1. The molecule has 0 aromatic carbocycles. The van der Waals surface area contributed by atoms with Gasteiger partial charge in [-0.15, -0.1) is 0 Å². The highest BCUT2D eigenvalue weighted by atomic mass is 16.3. The van der Waals surface area contributed by atoms with Crippen molar-refractivity contribution in [2.45, 2.75) is 52.7 Å². The van der Waals surface area contributed by atoms with Crippen LogP contribution in [-0.2, 0) is 0 Å². The quantitative estimate of drug-likeness (QED) is 0.677. The van der Waals surface area contributed by atoms with Crippen molar-refractivity contribution in [1.29, 1.82) is 0 Å². The van der Waals surface area contributed by atoms with Crippen molar-refractivity contribution in [1.82, 2.24) is 0 Å². The summed E-state index contributed by atoms with van der Waals surface area (Å²) in [5.41, 5.74) is -0.887. The highest BCUT2D eigenvalue weighted by molar-refractivity contribution is 4.79. The Bertz CT molecular complexity index is 178. The van der Waals surface area contributed by atoms with Crippen molar-refractivity contribution >= 4 is 0 Å². The Morgan fingerprint density at radius 3 is 1.92 bits per heavy atom. The highest BCUT2D eigenvalue weighted by Gasteiger charge is 2.24. The fraction of sp³-hybridized carbons (Fsp3) is 1.00. The lowest BCUT2D eigenvalue weighted by atomic mass is 9.93. The molecule has 0 fully saturated rings. The summed E-state index contributed by atoms with van der Waals surface area (Å²) < 4.78 is 0. The van der Waals surface area contributed by atoms with Crippen LogP contribution in [0.2, 0.25) is 0 Å². The lowest BCUT2D eigenvalue weighted by Gasteiger charge is -2.25. The van der Waals surface area contributed by atoms with Gasteiger partial charge in [0.25, 0.3) is 0 Å². The minimum absolute atomic E-state index is 0.146. The normalized spacial score (nSPS) is 18.2. The first-order chi connectivity index (χ1) is 5.65. The van der Waals surface area contributed by atoms with Gasteiger partial charge in [-0.3, -0.25) is 0 Å². The van der Waals surface area contributed by atoms with Crippen molar-refractivity contribution in [3.8, 4) is 0 Å². The molecule has 0 bridgehead atoms. The molecule has 0 saturated carbocycles. The molecule has 1 unspecified atom stereocenters. The van der Waals surface area contributed by atoms with E-state index in [1.54, 1.807) is 6.92 Å². The number of nitrogens with zero attached hydrogens (tertiary/aromatic N) is 2. The zero-order chi connectivity index (χ0) is 10.7. The molecular formula is C10H22N2O. The predicted molar refractivity (Wildman–Crippen MR) is 54.9 cm³/mol. The SMILES string of the molecule is CC(C)C(C)(O)CN=NC(C)(C)C. The van der Waals surface area contributed by atoms with Gasteiger partial charge in [0.2, 0.25) is 0 Å². The number of hydrogen-bond donors (Lipinski definition) is 1. The zero-order valence-electron chi connectivity index (χ0n) is 9.63. The van der Waals surface area contributed by atoms with Gasteiger partial charge in [0.05, 0.1) is 17.7 Å². The molecule has 3 heteroatoms. The molecule has 1 N–H and O–H groups in total. The number of azo groups is 1. The maximum Gasteiger partial charge on any atom is 0.0886 e. The second-order valence-corrected chi connectivity index (χ2v) is 5.08. The third-order valence-corrected chi connectivity index (χ3v) is 2.01. The van der Waals surface area contributed by atoms with E-state index in [4.69, 9.17) is 0 Å².